The van der Waals surface area contributed by atoms with Crippen molar-refractivity contribution in [1.82, 2.24) is 0 Å². The highest BCUT2D eigenvalue weighted by atomic mass is 79.9. The van der Waals surface area contributed by atoms with Crippen molar-refractivity contribution in [2.45, 2.75) is 19.5 Å². The molecule has 1 aliphatic heterocycles. The fourth-order valence-electron chi connectivity index (χ4n) is 2.94. The summed E-state index contributed by atoms with van der Waals surface area (Å²) in [6, 6.07) is 19.4. The van der Waals surface area contributed by atoms with E-state index in [1.54, 1.807) is 0 Å². The fraction of sp³-hybridized carbons (Fsp3) is 0.222. The van der Waals surface area contributed by atoms with Crippen molar-refractivity contribution >= 4 is 15.9 Å². The summed E-state index contributed by atoms with van der Waals surface area (Å²) < 4.78 is 2.23. The molecular formula is C18H19BrN+. The van der Waals surface area contributed by atoms with Gasteiger partial charge in [0.1, 0.15) is 13.1 Å². The molecule has 1 atom stereocenters. The molecule has 2 aromatic rings. The molecule has 0 radical (unpaired) electrons. The molecule has 0 bridgehead atoms. The summed E-state index contributed by atoms with van der Waals surface area (Å²) in [4.78, 5) is 0. The number of halogens is 1. The molecule has 2 heteroatoms. The zero-order valence-electron chi connectivity index (χ0n) is 11.5. The van der Waals surface area contributed by atoms with E-state index in [1.165, 1.54) is 28.6 Å². The molecule has 1 aliphatic rings. The van der Waals surface area contributed by atoms with Gasteiger partial charge in [0, 0.05) is 22.0 Å². The van der Waals surface area contributed by atoms with Crippen molar-refractivity contribution in [3.05, 3.63) is 82.5 Å². The summed E-state index contributed by atoms with van der Waals surface area (Å²) in [5.41, 5.74) is 2.79. The molecule has 1 unspecified atom stereocenters. The smallest absolute Gasteiger partial charge is 0.110 e. The van der Waals surface area contributed by atoms with E-state index in [4.69, 9.17) is 0 Å². The number of quaternary nitrogens is 1. The highest BCUT2D eigenvalue weighted by Crippen LogP contribution is 2.28. The number of rotatable bonds is 4. The third-order valence-corrected chi connectivity index (χ3v) is 4.72. The lowest BCUT2D eigenvalue weighted by molar-refractivity contribution is -0.900. The van der Waals surface area contributed by atoms with Crippen LogP contribution in [0, 0.1) is 0 Å². The van der Waals surface area contributed by atoms with Crippen LogP contribution < -0.4 is 0 Å². The molecule has 1 nitrogen and oxygen atoms in total. The Labute approximate surface area is 129 Å². The summed E-state index contributed by atoms with van der Waals surface area (Å²) in [6.07, 6.45) is 5.88. The summed E-state index contributed by atoms with van der Waals surface area (Å²) in [7, 11) is 0. The SMILES string of the molecule is Brc1ccccc1C[N+]1(Cc2ccccc2)C=CCC1. The molecule has 0 N–H and O–H groups in total. The largest absolute Gasteiger partial charge is 0.290 e. The average Bonchev–Trinajstić information content (AvgIpc) is 2.91. The van der Waals surface area contributed by atoms with Gasteiger partial charge in [-0.2, -0.15) is 0 Å². The van der Waals surface area contributed by atoms with Crippen LogP contribution in [0.5, 0.6) is 0 Å². The van der Waals surface area contributed by atoms with E-state index >= 15 is 0 Å². The first-order valence-corrected chi connectivity index (χ1v) is 7.88. The van der Waals surface area contributed by atoms with Crippen LogP contribution in [0.3, 0.4) is 0 Å². The zero-order valence-corrected chi connectivity index (χ0v) is 13.1. The standard InChI is InChI=1S/C18H19BrN/c19-18-11-5-4-10-17(18)15-20(12-6-7-13-20)14-16-8-2-1-3-9-16/h1-6,8-12H,7,13-15H2/q+1. The van der Waals surface area contributed by atoms with Crippen LogP contribution in [0.1, 0.15) is 17.5 Å². The van der Waals surface area contributed by atoms with E-state index in [-0.39, 0.29) is 0 Å². The predicted molar refractivity (Wildman–Crippen MR) is 86.9 cm³/mol. The van der Waals surface area contributed by atoms with E-state index in [1.807, 2.05) is 0 Å². The maximum absolute atomic E-state index is 3.68. The highest BCUT2D eigenvalue weighted by molar-refractivity contribution is 9.10. The molecule has 0 fully saturated rings. The second-order valence-electron chi connectivity index (χ2n) is 5.51. The van der Waals surface area contributed by atoms with Gasteiger partial charge in [0.05, 0.1) is 12.7 Å². The summed E-state index contributed by atoms with van der Waals surface area (Å²) in [5.74, 6) is 0. The molecule has 20 heavy (non-hydrogen) atoms. The van der Waals surface area contributed by atoms with Gasteiger partial charge < -0.3 is 0 Å². The number of nitrogens with zero attached hydrogens (tertiary/aromatic N) is 1. The molecule has 0 saturated carbocycles. The lowest BCUT2D eigenvalue weighted by atomic mass is 10.1. The molecule has 3 rings (SSSR count). The van der Waals surface area contributed by atoms with Crippen molar-refractivity contribution in [3.63, 3.8) is 0 Å². The normalized spacial score (nSPS) is 21.2. The van der Waals surface area contributed by atoms with Crippen LogP contribution in [0.2, 0.25) is 0 Å². The van der Waals surface area contributed by atoms with Crippen molar-refractivity contribution in [1.29, 1.82) is 0 Å². The minimum absolute atomic E-state index is 1.02. The number of hydrogen-bond donors (Lipinski definition) is 0. The number of benzene rings is 2. The van der Waals surface area contributed by atoms with Crippen LogP contribution in [-0.4, -0.2) is 11.0 Å². The van der Waals surface area contributed by atoms with E-state index in [0.29, 0.717) is 0 Å². The van der Waals surface area contributed by atoms with Crippen molar-refractivity contribution in [2.75, 3.05) is 6.54 Å². The van der Waals surface area contributed by atoms with Gasteiger partial charge >= 0.3 is 0 Å². The van der Waals surface area contributed by atoms with Crippen molar-refractivity contribution in [2.24, 2.45) is 0 Å². The second kappa shape index (κ2) is 5.94. The maximum Gasteiger partial charge on any atom is 0.110 e. The number of hydrogen-bond acceptors (Lipinski definition) is 0. The Morgan fingerprint density at radius 3 is 2.35 bits per heavy atom. The van der Waals surface area contributed by atoms with Crippen LogP contribution in [0.25, 0.3) is 0 Å². The van der Waals surface area contributed by atoms with E-state index in [2.05, 4.69) is 82.8 Å². The molecule has 0 amide bonds. The molecule has 2 aromatic carbocycles. The topological polar surface area (TPSA) is 0 Å². The van der Waals surface area contributed by atoms with Crippen molar-refractivity contribution < 1.29 is 4.48 Å². The van der Waals surface area contributed by atoms with Crippen LogP contribution in [0.15, 0.2) is 71.3 Å². The van der Waals surface area contributed by atoms with Gasteiger partial charge in [-0.1, -0.05) is 64.5 Å². The Balaban J connectivity index is 1.86. The van der Waals surface area contributed by atoms with Crippen LogP contribution in [-0.2, 0) is 13.1 Å². The van der Waals surface area contributed by atoms with E-state index in [9.17, 15) is 0 Å². The second-order valence-corrected chi connectivity index (χ2v) is 6.36. The van der Waals surface area contributed by atoms with Crippen LogP contribution >= 0.6 is 15.9 Å². The lowest BCUT2D eigenvalue weighted by Gasteiger charge is -2.32. The molecule has 102 valence electrons. The van der Waals surface area contributed by atoms with Crippen LogP contribution in [0.4, 0.5) is 0 Å². The molecule has 0 aromatic heterocycles. The van der Waals surface area contributed by atoms with Gasteiger partial charge in [-0.05, 0) is 12.1 Å². The quantitative estimate of drug-likeness (QED) is 0.701. The summed E-state index contributed by atoms with van der Waals surface area (Å²) in [5, 5.41) is 0. The van der Waals surface area contributed by atoms with E-state index < -0.39 is 0 Å². The predicted octanol–water partition coefficient (Wildman–Crippen LogP) is 4.88. The maximum atomic E-state index is 3.68. The Bertz CT molecular complexity index is 606. The lowest BCUT2D eigenvalue weighted by Crippen LogP contribution is -2.39. The molecule has 1 heterocycles. The minimum Gasteiger partial charge on any atom is -0.290 e. The highest BCUT2D eigenvalue weighted by Gasteiger charge is 2.29. The third kappa shape index (κ3) is 3.02. The van der Waals surface area contributed by atoms with Gasteiger partial charge in [0.25, 0.3) is 0 Å². The minimum atomic E-state index is 1.02. The van der Waals surface area contributed by atoms with E-state index in [0.717, 1.165) is 17.6 Å². The van der Waals surface area contributed by atoms with Gasteiger partial charge in [-0.15, -0.1) is 0 Å². The fourth-order valence-corrected chi connectivity index (χ4v) is 3.35. The molecule has 0 spiro atoms. The Morgan fingerprint density at radius 1 is 0.900 bits per heavy atom. The molecular weight excluding hydrogens is 310 g/mol. The molecule has 0 aliphatic carbocycles. The molecule has 0 saturated heterocycles. The summed E-state index contributed by atoms with van der Waals surface area (Å²) >= 11 is 3.68. The Morgan fingerprint density at radius 2 is 1.65 bits per heavy atom. The van der Waals surface area contributed by atoms with Crippen molar-refractivity contribution in [3.8, 4) is 0 Å². The van der Waals surface area contributed by atoms with Gasteiger partial charge in [0.15, 0.2) is 0 Å². The Kier molecular flexibility index (Phi) is 4.04. The third-order valence-electron chi connectivity index (χ3n) is 3.95. The van der Waals surface area contributed by atoms with Gasteiger partial charge in [-0.25, -0.2) is 0 Å². The van der Waals surface area contributed by atoms with Gasteiger partial charge in [-0.3, -0.25) is 4.48 Å². The first kappa shape index (κ1) is 13.6. The Hall–Kier alpha value is -1.38. The zero-order chi connectivity index (χ0) is 13.8. The first-order valence-electron chi connectivity index (χ1n) is 7.08. The van der Waals surface area contributed by atoms with Gasteiger partial charge in [0.2, 0.25) is 0 Å². The monoisotopic (exact) mass is 328 g/mol. The summed E-state index contributed by atoms with van der Waals surface area (Å²) in [6.45, 7) is 3.31. The average molecular weight is 329 g/mol. The first-order chi connectivity index (χ1) is 9.77.